The number of nitrogens with zero attached hydrogens (tertiary/aromatic N) is 3. The van der Waals surface area contributed by atoms with Crippen LogP contribution in [0.1, 0.15) is 57.9 Å². The predicted molar refractivity (Wildman–Crippen MR) is 192 cm³/mol. The second-order valence-electron chi connectivity index (χ2n) is 14.2. The van der Waals surface area contributed by atoms with E-state index in [0.29, 0.717) is 5.71 Å². The van der Waals surface area contributed by atoms with Crippen LogP contribution in [0.3, 0.4) is 0 Å². The number of benzene rings is 2. The number of fused-ring (bicyclic) bond motifs is 3. The van der Waals surface area contributed by atoms with E-state index in [0.717, 1.165) is 56.9 Å². The number of pyridine rings is 3. The molecule has 1 atom stereocenters. The molecule has 0 aliphatic carbocycles. The molecule has 0 N–H and O–H groups in total. The van der Waals surface area contributed by atoms with E-state index in [4.69, 9.17) is 9.40 Å². The third kappa shape index (κ3) is 8.42. The fraction of sp³-hybridized carbons (Fsp3) is 0.325. The molecule has 6 aromatic rings. The fourth-order valence-corrected chi connectivity index (χ4v) is 8.78. The average Bonchev–Trinajstić information content (AvgIpc) is 3.37. The van der Waals surface area contributed by atoms with Crippen molar-refractivity contribution in [3.05, 3.63) is 108 Å². The van der Waals surface area contributed by atoms with E-state index < -0.39 is 13.3 Å². The van der Waals surface area contributed by atoms with Gasteiger partial charge in [0, 0.05) is 37.4 Å². The zero-order valence-corrected chi connectivity index (χ0v) is 33.1. The molecule has 0 bridgehead atoms. The topological polar surface area (TPSA) is 51.8 Å². The number of furan rings is 1. The van der Waals surface area contributed by atoms with Crippen molar-refractivity contribution in [3.8, 4) is 22.5 Å². The Morgan fingerprint density at radius 3 is 2.33 bits per heavy atom. The van der Waals surface area contributed by atoms with Crippen molar-refractivity contribution < 1.29 is 24.5 Å². The molecule has 4 aromatic heterocycles. The van der Waals surface area contributed by atoms with Gasteiger partial charge in [0.1, 0.15) is 0 Å². The minimum absolute atomic E-state index is 0. The number of hydrogen-bond acceptors (Lipinski definition) is 4. The van der Waals surface area contributed by atoms with E-state index in [1.54, 1.807) is 4.40 Å². The molecule has 241 valence electrons. The normalized spacial score (nSPS) is 12.4. The van der Waals surface area contributed by atoms with Crippen LogP contribution in [0, 0.1) is 25.0 Å². The maximum absolute atomic E-state index is 5.84. The molecule has 0 amide bonds. The molecule has 2 aromatic carbocycles. The first-order valence-corrected chi connectivity index (χ1v) is 23.3. The third-order valence-corrected chi connectivity index (χ3v) is 12.7. The summed E-state index contributed by atoms with van der Waals surface area (Å²) in [4.78, 5) is 13.7. The van der Waals surface area contributed by atoms with Crippen molar-refractivity contribution in [2.24, 2.45) is 5.92 Å². The maximum atomic E-state index is 5.84. The molecule has 0 saturated carbocycles. The third-order valence-electron chi connectivity index (χ3n) is 8.36. The Morgan fingerprint density at radius 1 is 0.891 bits per heavy atom. The molecule has 0 fully saturated rings. The van der Waals surface area contributed by atoms with Crippen LogP contribution >= 0.6 is 0 Å². The molecular formula is C40H45GeIrN3O-2. The summed E-state index contributed by atoms with van der Waals surface area (Å²) >= 11 is -1.87. The average molecular weight is 849 g/mol. The van der Waals surface area contributed by atoms with Gasteiger partial charge in [0.2, 0.25) is 5.71 Å². The summed E-state index contributed by atoms with van der Waals surface area (Å²) in [5.41, 5.74) is 9.34. The monoisotopic (exact) mass is 850 g/mol. The number of rotatable bonds is 6. The van der Waals surface area contributed by atoms with Crippen LogP contribution in [0.15, 0.2) is 83.5 Å². The summed E-state index contributed by atoms with van der Waals surface area (Å²) in [6.07, 6.45) is 6.41. The van der Waals surface area contributed by atoms with Gasteiger partial charge in [-0.1, -0.05) is 32.2 Å². The van der Waals surface area contributed by atoms with Gasteiger partial charge >= 0.3 is 132 Å². The Labute approximate surface area is 291 Å². The van der Waals surface area contributed by atoms with Crippen LogP contribution in [-0.2, 0) is 31.9 Å². The molecular weight excluding hydrogens is 803 g/mol. The molecule has 4 heterocycles. The Balaban J connectivity index is 0.000000207. The summed E-state index contributed by atoms with van der Waals surface area (Å²) in [6.45, 7) is 13.2. The van der Waals surface area contributed by atoms with E-state index >= 15 is 0 Å². The van der Waals surface area contributed by atoms with Gasteiger partial charge in [0.25, 0.3) is 0 Å². The maximum Gasteiger partial charge on any atom is 0.216 e. The van der Waals surface area contributed by atoms with Gasteiger partial charge in [-0.25, -0.2) is 4.98 Å². The molecule has 1 unspecified atom stereocenters. The van der Waals surface area contributed by atoms with Gasteiger partial charge in [0.05, 0.1) is 5.58 Å². The first-order valence-electron chi connectivity index (χ1n) is 16.0. The Kier molecular flexibility index (Phi) is 11.5. The summed E-state index contributed by atoms with van der Waals surface area (Å²) in [5, 5.41) is 2.08. The first kappa shape index (κ1) is 35.7. The molecule has 46 heavy (non-hydrogen) atoms. The van der Waals surface area contributed by atoms with Crippen LogP contribution in [0.4, 0.5) is 0 Å². The van der Waals surface area contributed by atoms with Gasteiger partial charge < -0.3 is 9.40 Å². The predicted octanol–water partition coefficient (Wildman–Crippen LogP) is 10.1. The van der Waals surface area contributed by atoms with Crippen LogP contribution in [0.25, 0.3) is 44.6 Å². The van der Waals surface area contributed by atoms with Gasteiger partial charge in [-0.3, -0.25) is 0 Å². The molecule has 0 aliphatic heterocycles. The Morgan fingerprint density at radius 2 is 1.65 bits per heavy atom. The van der Waals surface area contributed by atoms with Crippen molar-refractivity contribution in [3.63, 3.8) is 0 Å². The van der Waals surface area contributed by atoms with Gasteiger partial charge in [-0.05, 0) is 41.8 Å². The summed E-state index contributed by atoms with van der Waals surface area (Å²) in [5.74, 6) is 8.07. The minimum Gasteiger partial charge on any atom is -0.486 e. The van der Waals surface area contributed by atoms with Crippen LogP contribution in [0.2, 0.25) is 17.3 Å². The zero-order chi connectivity index (χ0) is 32.4. The van der Waals surface area contributed by atoms with Gasteiger partial charge in [-0.2, -0.15) is 0 Å². The second-order valence-corrected chi connectivity index (χ2v) is 24.8. The van der Waals surface area contributed by atoms with Crippen molar-refractivity contribution >= 4 is 39.7 Å². The van der Waals surface area contributed by atoms with Crippen molar-refractivity contribution in [2.45, 2.75) is 77.1 Å². The smallest absolute Gasteiger partial charge is 0.216 e. The molecule has 0 saturated heterocycles. The fourth-order valence-electron chi connectivity index (χ4n) is 5.45. The molecule has 0 spiro atoms. The second kappa shape index (κ2) is 14.8. The molecule has 1 radical (unpaired) electrons. The number of aromatic nitrogens is 3. The summed E-state index contributed by atoms with van der Waals surface area (Å²) in [7, 11) is 0. The van der Waals surface area contributed by atoms with Crippen molar-refractivity contribution in [1.82, 2.24) is 15.0 Å². The van der Waals surface area contributed by atoms with E-state index in [9.17, 15) is 0 Å². The SMILES string of the molecule is CCC(C)Cc1cc(-c2[c-]cccc2)nc[c]1[Ge]([CH3])([CH3])[CH3].Cc1ccc2c(n1)oc1c[c-]c(-c3cc(C(C)(C)C)ccn3)cc12.[Ir]. The standard InChI is InChI=1S/C21H19N2O.C19H26GeN.Ir/c1-13-5-7-16-17-11-14(6-8-19(17)24-20(16)23-13)18-12-15(9-10-22-18)21(2,3)4;1-6-15(2)12-17-13-19(16-10-8-7-9-11-16)21-14-18(17)20(3,4)5;/h5,7-12H,1-4H3;7-10,13-15H,6,12H2,1-5H3;/q2*-1;. The summed E-state index contributed by atoms with van der Waals surface area (Å²) < 4.78 is 7.39. The quantitative estimate of drug-likeness (QED) is 0.124. The van der Waals surface area contributed by atoms with Crippen LogP contribution < -0.4 is 4.40 Å². The van der Waals surface area contributed by atoms with Gasteiger partial charge in [0.15, 0.2) is 0 Å². The minimum atomic E-state index is -1.87. The summed E-state index contributed by atoms with van der Waals surface area (Å²) in [6, 6.07) is 29.3. The number of aryl methyl sites for hydroxylation is 1. The molecule has 0 aliphatic rings. The van der Waals surface area contributed by atoms with E-state index in [1.807, 2.05) is 37.4 Å². The number of hydrogen-bond donors (Lipinski definition) is 0. The largest absolute Gasteiger partial charge is 0.486 e. The first-order chi connectivity index (χ1) is 21.3. The van der Waals surface area contributed by atoms with E-state index in [-0.39, 0.29) is 25.5 Å². The van der Waals surface area contributed by atoms with E-state index in [2.05, 4.69) is 123 Å². The van der Waals surface area contributed by atoms with Crippen LogP contribution in [0.5, 0.6) is 0 Å². The van der Waals surface area contributed by atoms with Crippen LogP contribution in [-0.4, -0.2) is 28.2 Å². The van der Waals surface area contributed by atoms with E-state index in [1.165, 1.54) is 17.5 Å². The Bertz CT molecular complexity index is 1920. The molecule has 6 heteroatoms. The van der Waals surface area contributed by atoms with Crippen molar-refractivity contribution in [1.29, 1.82) is 0 Å². The Hall–Kier alpha value is -3.12. The van der Waals surface area contributed by atoms with Crippen molar-refractivity contribution in [2.75, 3.05) is 0 Å². The van der Waals surface area contributed by atoms with Gasteiger partial charge in [-0.15, -0.1) is 23.8 Å². The molecule has 6 rings (SSSR count). The molecule has 4 nitrogen and oxygen atoms in total. The zero-order valence-electron chi connectivity index (χ0n) is 28.6.